The average molecular weight is 373 g/mol. The standard InChI is InChI=1S/C22H32N2O3/c1-21(10-11-21)8-7-19(25)23-12-16-17-13-24(20(26)15-4-2-3-5-15)14-22(17)9-6-18(16)27-22/h2-3,15-18H,4-14H2,1H3,(H,23,25)/t16-,17+,18+,22+/m0/s1. The third-order valence-electron chi connectivity index (χ3n) is 8.05. The summed E-state index contributed by atoms with van der Waals surface area (Å²) in [5.41, 5.74) is 0.293. The number of fused-ring (bicyclic) bond motifs is 1. The summed E-state index contributed by atoms with van der Waals surface area (Å²) in [6, 6.07) is 0. The highest BCUT2D eigenvalue weighted by Crippen LogP contribution is 2.55. The van der Waals surface area contributed by atoms with Gasteiger partial charge in [-0.25, -0.2) is 0 Å². The van der Waals surface area contributed by atoms with Crippen molar-refractivity contribution in [3.8, 4) is 0 Å². The summed E-state index contributed by atoms with van der Waals surface area (Å²) >= 11 is 0. The Morgan fingerprint density at radius 3 is 2.74 bits per heavy atom. The molecule has 3 aliphatic heterocycles. The number of allylic oxidation sites excluding steroid dienone is 2. The van der Waals surface area contributed by atoms with E-state index in [1.165, 1.54) is 12.8 Å². The molecule has 5 heteroatoms. The van der Waals surface area contributed by atoms with Gasteiger partial charge in [-0.1, -0.05) is 19.1 Å². The molecule has 3 heterocycles. The number of amides is 2. The van der Waals surface area contributed by atoms with E-state index in [4.69, 9.17) is 4.74 Å². The van der Waals surface area contributed by atoms with Crippen molar-refractivity contribution in [1.82, 2.24) is 10.2 Å². The summed E-state index contributed by atoms with van der Waals surface area (Å²) in [5.74, 6) is 1.37. The Labute approximate surface area is 161 Å². The second kappa shape index (κ2) is 6.33. The van der Waals surface area contributed by atoms with E-state index in [-0.39, 0.29) is 23.5 Å². The molecule has 0 aromatic rings. The van der Waals surface area contributed by atoms with Crippen LogP contribution in [-0.4, -0.2) is 48.1 Å². The third kappa shape index (κ3) is 3.12. The zero-order valence-electron chi connectivity index (χ0n) is 16.4. The number of hydrogen-bond acceptors (Lipinski definition) is 3. The van der Waals surface area contributed by atoms with Crippen LogP contribution < -0.4 is 5.32 Å². The molecule has 5 rings (SSSR count). The van der Waals surface area contributed by atoms with E-state index in [0.717, 1.165) is 45.2 Å². The molecule has 2 amide bonds. The number of hydrogen-bond donors (Lipinski definition) is 1. The monoisotopic (exact) mass is 372 g/mol. The number of carbonyl (C=O) groups is 2. The molecule has 1 saturated carbocycles. The zero-order chi connectivity index (χ0) is 18.6. The van der Waals surface area contributed by atoms with Crippen LogP contribution in [0.1, 0.15) is 58.3 Å². The lowest BCUT2D eigenvalue weighted by Crippen LogP contribution is -2.41. The molecule has 2 aliphatic carbocycles. The predicted octanol–water partition coefficient (Wildman–Crippen LogP) is 2.66. The van der Waals surface area contributed by atoms with Crippen LogP contribution in [-0.2, 0) is 14.3 Å². The smallest absolute Gasteiger partial charge is 0.226 e. The van der Waals surface area contributed by atoms with Gasteiger partial charge in [-0.05, 0) is 50.4 Å². The molecule has 0 radical (unpaired) electrons. The number of carbonyl (C=O) groups excluding carboxylic acids is 2. The minimum atomic E-state index is -0.136. The SMILES string of the molecule is CC1(CCC(=O)NC[C@H]2[C@H]3CN(C(=O)C4CC=CC4)C[C@]34CC[C@H]2O4)CC1. The first-order chi connectivity index (χ1) is 13.0. The van der Waals surface area contributed by atoms with E-state index >= 15 is 0 Å². The second-order valence-corrected chi connectivity index (χ2v) is 10.0. The normalized spacial score (nSPS) is 38.4. The van der Waals surface area contributed by atoms with Gasteiger partial charge in [-0.3, -0.25) is 9.59 Å². The summed E-state index contributed by atoms with van der Waals surface area (Å²) in [5, 5.41) is 3.19. The van der Waals surface area contributed by atoms with Crippen LogP contribution in [0.3, 0.4) is 0 Å². The molecule has 27 heavy (non-hydrogen) atoms. The van der Waals surface area contributed by atoms with Gasteiger partial charge in [0.25, 0.3) is 0 Å². The Morgan fingerprint density at radius 1 is 1.22 bits per heavy atom. The molecule has 1 spiro atoms. The van der Waals surface area contributed by atoms with Crippen molar-refractivity contribution < 1.29 is 14.3 Å². The van der Waals surface area contributed by atoms with E-state index in [2.05, 4.69) is 29.3 Å². The van der Waals surface area contributed by atoms with Gasteiger partial charge in [0.1, 0.15) is 0 Å². The first-order valence-corrected chi connectivity index (χ1v) is 10.9. The lowest BCUT2D eigenvalue weighted by atomic mass is 9.73. The van der Waals surface area contributed by atoms with Gasteiger partial charge in [-0.2, -0.15) is 0 Å². The van der Waals surface area contributed by atoms with Crippen LogP contribution in [0.15, 0.2) is 12.2 Å². The van der Waals surface area contributed by atoms with Crippen molar-refractivity contribution in [3.63, 3.8) is 0 Å². The number of ether oxygens (including phenoxy) is 1. The quantitative estimate of drug-likeness (QED) is 0.729. The minimum absolute atomic E-state index is 0.136. The molecule has 5 aliphatic rings. The second-order valence-electron chi connectivity index (χ2n) is 10.0. The van der Waals surface area contributed by atoms with Gasteiger partial charge in [0.15, 0.2) is 0 Å². The van der Waals surface area contributed by atoms with Crippen LogP contribution in [0.2, 0.25) is 0 Å². The Balaban J connectivity index is 1.18. The summed E-state index contributed by atoms with van der Waals surface area (Å²) < 4.78 is 6.44. The lowest BCUT2D eigenvalue weighted by molar-refractivity contribution is -0.135. The fraction of sp³-hybridized carbons (Fsp3) is 0.818. The van der Waals surface area contributed by atoms with Crippen LogP contribution in [0.25, 0.3) is 0 Å². The Bertz CT molecular complexity index is 662. The molecule has 0 unspecified atom stereocenters. The summed E-state index contributed by atoms with van der Waals surface area (Å²) in [7, 11) is 0. The van der Waals surface area contributed by atoms with Gasteiger partial charge in [0.05, 0.1) is 18.2 Å². The number of rotatable bonds is 6. The molecule has 4 atom stereocenters. The maximum absolute atomic E-state index is 12.9. The number of nitrogens with zero attached hydrogens (tertiary/aromatic N) is 1. The summed E-state index contributed by atoms with van der Waals surface area (Å²) in [4.78, 5) is 27.2. The van der Waals surface area contributed by atoms with Gasteiger partial charge in [0, 0.05) is 37.3 Å². The number of likely N-dealkylation sites (tertiary alicyclic amines) is 1. The summed E-state index contributed by atoms with van der Waals surface area (Å²) in [6.07, 6.45) is 12.6. The predicted molar refractivity (Wildman–Crippen MR) is 102 cm³/mol. The Kier molecular flexibility index (Phi) is 4.15. The Hall–Kier alpha value is -1.36. The van der Waals surface area contributed by atoms with Crippen LogP contribution in [0, 0.1) is 23.2 Å². The Morgan fingerprint density at radius 2 is 2.00 bits per heavy atom. The van der Waals surface area contributed by atoms with E-state index < -0.39 is 0 Å². The fourth-order valence-corrected chi connectivity index (χ4v) is 5.91. The lowest BCUT2D eigenvalue weighted by Gasteiger charge is -2.29. The van der Waals surface area contributed by atoms with Crippen molar-refractivity contribution in [2.75, 3.05) is 19.6 Å². The molecular formula is C22H32N2O3. The van der Waals surface area contributed by atoms with Crippen molar-refractivity contribution in [1.29, 1.82) is 0 Å². The molecule has 148 valence electrons. The van der Waals surface area contributed by atoms with Crippen molar-refractivity contribution in [2.45, 2.75) is 70.0 Å². The maximum Gasteiger partial charge on any atom is 0.226 e. The molecular weight excluding hydrogens is 340 g/mol. The topological polar surface area (TPSA) is 58.6 Å². The molecule has 5 nitrogen and oxygen atoms in total. The molecule has 2 bridgehead atoms. The zero-order valence-corrected chi connectivity index (χ0v) is 16.4. The van der Waals surface area contributed by atoms with E-state index in [1.807, 2.05) is 0 Å². The van der Waals surface area contributed by atoms with E-state index in [9.17, 15) is 9.59 Å². The maximum atomic E-state index is 12.9. The average Bonchev–Trinajstić information content (AvgIpc) is 3.15. The molecule has 1 N–H and O–H groups in total. The van der Waals surface area contributed by atoms with Crippen LogP contribution >= 0.6 is 0 Å². The van der Waals surface area contributed by atoms with Crippen molar-refractivity contribution >= 4 is 11.8 Å². The van der Waals surface area contributed by atoms with Gasteiger partial charge in [-0.15, -0.1) is 0 Å². The van der Waals surface area contributed by atoms with E-state index in [0.29, 0.717) is 36.1 Å². The minimum Gasteiger partial charge on any atom is -0.369 e. The third-order valence-corrected chi connectivity index (χ3v) is 8.05. The molecule has 0 aromatic heterocycles. The van der Waals surface area contributed by atoms with Gasteiger partial charge >= 0.3 is 0 Å². The highest BCUT2D eigenvalue weighted by molar-refractivity contribution is 5.80. The van der Waals surface area contributed by atoms with Gasteiger partial charge < -0.3 is 15.0 Å². The first-order valence-electron chi connectivity index (χ1n) is 10.9. The van der Waals surface area contributed by atoms with Crippen LogP contribution in [0.4, 0.5) is 0 Å². The highest BCUT2D eigenvalue weighted by atomic mass is 16.5. The molecule has 0 aromatic carbocycles. The first kappa shape index (κ1) is 17.7. The fourth-order valence-electron chi connectivity index (χ4n) is 5.91. The van der Waals surface area contributed by atoms with Crippen LogP contribution in [0.5, 0.6) is 0 Å². The summed E-state index contributed by atoms with van der Waals surface area (Å²) in [6.45, 7) is 4.55. The molecule has 3 saturated heterocycles. The van der Waals surface area contributed by atoms with E-state index in [1.54, 1.807) is 0 Å². The number of nitrogens with one attached hydrogen (secondary N) is 1. The van der Waals surface area contributed by atoms with Gasteiger partial charge in [0.2, 0.25) is 11.8 Å². The highest BCUT2D eigenvalue weighted by Gasteiger charge is 2.63. The largest absolute Gasteiger partial charge is 0.369 e. The van der Waals surface area contributed by atoms with Crippen molar-refractivity contribution in [3.05, 3.63) is 12.2 Å². The van der Waals surface area contributed by atoms with Crippen molar-refractivity contribution in [2.24, 2.45) is 23.2 Å². The molecule has 4 fully saturated rings.